The molecule has 3 aromatic rings. The van der Waals surface area contributed by atoms with Crippen LogP contribution in [0.3, 0.4) is 0 Å². The van der Waals surface area contributed by atoms with E-state index in [1.54, 1.807) is 10.6 Å². The maximum atomic E-state index is 13.5. The number of halogens is 3. The van der Waals surface area contributed by atoms with E-state index in [-0.39, 0.29) is 28.0 Å². The van der Waals surface area contributed by atoms with Gasteiger partial charge in [0.2, 0.25) is 20.2 Å². The van der Waals surface area contributed by atoms with Gasteiger partial charge in [-0.2, -0.15) is 13.2 Å². The van der Waals surface area contributed by atoms with Gasteiger partial charge in [0.05, 0.1) is 16.1 Å². The number of nitrogens with zero attached hydrogens (tertiary/aromatic N) is 5. The molecular weight excluding hydrogens is 527 g/mol. The van der Waals surface area contributed by atoms with Crippen LogP contribution in [0, 0.1) is 0 Å². The van der Waals surface area contributed by atoms with E-state index in [1.165, 1.54) is 6.07 Å². The molecule has 1 aliphatic heterocycles. The molecule has 2 atom stereocenters. The molecule has 3 fully saturated rings. The second-order valence-electron chi connectivity index (χ2n) is 10.8. The van der Waals surface area contributed by atoms with Crippen molar-refractivity contribution in [3.8, 4) is 5.13 Å². The number of sulfonamides is 1. The average molecular weight is 556 g/mol. The van der Waals surface area contributed by atoms with Crippen molar-refractivity contribution in [2.45, 2.75) is 81.1 Å². The highest BCUT2D eigenvalue weighted by atomic mass is 32.2. The van der Waals surface area contributed by atoms with E-state index in [1.807, 2.05) is 6.92 Å². The fraction of sp³-hybridized carbons (Fsp3) is 0.609. The zero-order chi connectivity index (χ0) is 26.3. The fourth-order valence-electron chi connectivity index (χ4n) is 4.98. The van der Waals surface area contributed by atoms with Crippen molar-refractivity contribution >= 4 is 38.1 Å². The molecule has 37 heavy (non-hydrogen) atoms. The first kappa shape index (κ1) is 25.0. The first-order valence-electron chi connectivity index (χ1n) is 12.4. The number of hydrogen-bond acceptors (Lipinski definition) is 8. The summed E-state index contributed by atoms with van der Waals surface area (Å²) in [6, 6.07) is 3.47. The summed E-state index contributed by atoms with van der Waals surface area (Å²) >= 11 is 0.434. The number of benzene rings is 1. The van der Waals surface area contributed by atoms with Crippen LogP contribution in [0.1, 0.15) is 63.2 Å². The number of rotatable bonds is 6. The minimum absolute atomic E-state index is 0.0291. The third-order valence-electron chi connectivity index (χ3n) is 7.12. The number of anilines is 1. The van der Waals surface area contributed by atoms with Crippen LogP contribution in [0.4, 0.5) is 18.9 Å². The summed E-state index contributed by atoms with van der Waals surface area (Å²) in [4.78, 5) is 7.07. The molecule has 2 aromatic heterocycles. The molecule has 1 saturated heterocycles. The molecule has 2 saturated carbocycles. The van der Waals surface area contributed by atoms with Crippen molar-refractivity contribution in [3.63, 3.8) is 0 Å². The minimum atomic E-state index is -4.62. The fourth-order valence-corrected chi connectivity index (χ4v) is 7.22. The number of fused-ring (bicyclic) bond motifs is 1. The van der Waals surface area contributed by atoms with E-state index < -0.39 is 26.7 Å². The van der Waals surface area contributed by atoms with Crippen molar-refractivity contribution < 1.29 is 21.6 Å². The van der Waals surface area contributed by atoms with Gasteiger partial charge in [-0.25, -0.2) is 18.1 Å². The number of imidazole rings is 1. The molecule has 9 nitrogen and oxygen atoms in total. The van der Waals surface area contributed by atoms with Crippen molar-refractivity contribution in [3.05, 3.63) is 23.0 Å². The van der Waals surface area contributed by atoms with Gasteiger partial charge in [0.25, 0.3) is 0 Å². The molecule has 0 spiro atoms. The highest BCUT2D eigenvalue weighted by Gasteiger charge is 2.42. The van der Waals surface area contributed by atoms with Crippen LogP contribution < -0.4 is 14.9 Å². The van der Waals surface area contributed by atoms with E-state index in [0.29, 0.717) is 47.0 Å². The Labute approximate surface area is 216 Å². The Kier molecular flexibility index (Phi) is 5.65. The van der Waals surface area contributed by atoms with Gasteiger partial charge in [-0.3, -0.25) is 4.57 Å². The minimum Gasteiger partial charge on any atom is -0.367 e. The lowest BCUT2D eigenvalue weighted by Gasteiger charge is -2.38. The molecule has 1 aromatic carbocycles. The summed E-state index contributed by atoms with van der Waals surface area (Å²) in [6.45, 7) is 7.25. The molecule has 0 amide bonds. The molecule has 3 aliphatic rings. The van der Waals surface area contributed by atoms with Crippen LogP contribution in [-0.4, -0.2) is 58.9 Å². The SMILES string of the molecule is C[C@H]1CN(c2cc(S(=O)(=O)NC3(C)CC3)cc3c2nc(C2CC2)n3-c2nnc(C(F)(F)F)s2)C[C@H](C)N1. The van der Waals surface area contributed by atoms with E-state index in [0.717, 1.165) is 25.7 Å². The predicted molar refractivity (Wildman–Crippen MR) is 134 cm³/mol. The Balaban J connectivity index is 1.58. The molecule has 2 N–H and O–H groups in total. The summed E-state index contributed by atoms with van der Waals surface area (Å²) in [5, 5.41) is 9.69. The van der Waals surface area contributed by atoms with Crippen LogP contribution in [0.5, 0.6) is 0 Å². The second kappa shape index (κ2) is 8.35. The third kappa shape index (κ3) is 4.72. The van der Waals surface area contributed by atoms with Crippen LogP contribution in [0.25, 0.3) is 16.2 Å². The summed E-state index contributed by atoms with van der Waals surface area (Å²) in [6.07, 6.45) is -1.40. The second-order valence-corrected chi connectivity index (χ2v) is 13.5. The maximum Gasteiger partial charge on any atom is 0.445 e. The third-order valence-corrected chi connectivity index (χ3v) is 9.69. The molecular formula is C23H28F3N7O2S2. The monoisotopic (exact) mass is 555 g/mol. The normalized spacial score (nSPS) is 24.1. The van der Waals surface area contributed by atoms with Crippen molar-refractivity contribution in [2.75, 3.05) is 18.0 Å². The lowest BCUT2D eigenvalue weighted by Crippen LogP contribution is -2.54. The van der Waals surface area contributed by atoms with Crippen molar-refractivity contribution in [2.24, 2.45) is 0 Å². The Bertz CT molecular complexity index is 1470. The molecule has 14 heteroatoms. The number of aromatic nitrogens is 4. The summed E-state index contributed by atoms with van der Waals surface area (Å²) < 4.78 is 71.5. The van der Waals surface area contributed by atoms with Crippen LogP contribution in [-0.2, 0) is 16.2 Å². The van der Waals surface area contributed by atoms with Gasteiger partial charge in [0.1, 0.15) is 11.3 Å². The van der Waals surface area contributed by atoms with Gasteiger partial charge < -0.3 is 10.2 Å². The van der Waals surface area contributed by atoms with Gasteiger partial charge in [-0.05, 0) is 58.6 Å². The number of piperazine rings is 1. The van der Waals surface area contributed by atoms with Gasteiger partial charge >= 0.3 is 6.18 Å². The van der Waals surface area contributed by atoms with E-state index in [4.69, 9.17) is 4.98 Å². The topological polar surface area (TPSA) is 105 Å². The average Bonchev–Trinajstić information content (AvgIpc) is 3.66. The molecule has 0 bridgehead atoms. The summed E-state index contributed by atoms with van der Waals surface area (Å²) in [5.41, 5.74) is 1.15. The standard InChI is InChI=1S/C23H28F3N7O2S2/c1-12-10-32(11-13(2)27-12)16-8-15(37(34,35)31-22(3)6-7-22)9-17-18(16)28-19(14-4-5-14)33(17)21-30-29-20(36-21)23(24,25)26/h8-9,12-14,27,31H,4-7,10-11H2,1-3H3/t12-,13-/m0/s1. The van der Waals surface area contributed by atoms with E-state index >= 15 is 0 Å². The number of nitrogens with one attached hydrogen (secondary N) is 2. The Morgan fingerprint density at radius 3 is 2.38 bits per heavy atom. The predicted octanol–water partition coefficient (Wildman–Crippen LogP) is 3.79. The Morgan fingerprint density at radius 2 is 1.81 bits per heavy atom. The first-order valence-corrected chi connectivity index (χ1v) is 14.7. The quantitative estimate of drug-likeness (QED) is 0.477. The summed E-state index contributed by atoms with van der Waals surface area (Å²) in [5.74, 6) is 0.664. The van der Waals surface area contributed by atoms with Crippen LogP contribution in [0.15, 0.2) is 17.0 Å². The van der Waals surface area contributed by atoms with Crippen molar-refractivity contribution in [1.82, 2.24) is 29.8 Å². The lowest BCUT2D eigenvalue weighted by molar-refractivity contribution is -0.138. The smallest absolute Gasteiger partial charge is 0.367 e. The van der Waals surface area contributed by atoms with E-state index in [2.05, 4.69) is 39.0 Å². The summed E-state index contributed by atoms with van der Waals surface area (Å²) in [7, 11) is -3.89. The van der Waals surface area contributed by atoms with Gasteiger partial charge in [0, 0.05) is 36.6 Å². The van der Waals surface area contributed by atoms with Crippen LogP contribution >= 0.6 is 11.3 Å². The molecule has 200 valence electrons. The van der Waals surface area contributed by atoms with Gasteiger partial charge in [-0.15, -0.1) is 10.2 Å². The zero-order valence-corrected chi connectivity index (χ0v) is 22.3. The molecule has 3 heterocycles. The Hall–Kier alpha value is -2.29. The van der Waals surface area contributed by atoms with Crippen molar-refractivity contribution in [1.29, 1.82) is 0 Å². The van der Waals surface area contributed by atoms with Gasteiger partial charge in [-0.1, -0.05) is 11.3 Å². The van der Waals surface area contributed by atoms with Crippen LogP contribution in [0.2, 0.25) is 0 Å². The first-order chi connectivity index (χ1) is 17.3. The molecule has 0 radical (unpaired) electrons. The lowest BCUT2D eigenvalue weighted by atomic mass is 10.1. The van der Waals surface area contributed by atoms with Gasteiger partial charge in [0.15, 0.2) is 0 Å². The highest BCUT2D eigenvalue weighted by molar-refractivity contribution is 7.89. The number of hydrogen-bond donors (Lipinski definition) is 2. The van der Waals surface area contributed by atoms with E-state index in [9.17, 15) is 21.6 Å². The molecule has 6 rings (SSSR count). The Morgan fingerprint density at radius 1 is 1.14 bits per heavy atom. The molecule has 0 unspecified atom stereocenters. The maximum absolute atomic E-state index is 13.5. The zero-order valence-electron chi connectivity index (χ0n) is 20.6. The number of alkyl halides is 3. The highest BCUT2D eigenvalue weighted by Crippen LogP contribution is 2.45. The largest absolute Gasteiger partial charge is 0.445 e. The molecule has 2 aliphatic carbocycles.